The molecule has 2 nitrogen and oxygen atoms in total. The van der Waals surface area contributed by atoms with Crippen LogP contribution >= 0.6 is 0 Å². The van der Waals surface area contributed by atoms with Gasteiger partial charge in [0.15, 0.2) is 0 Å². The van der Waals surface area contributed by atoms with Crippen molar-refractivity contribution in [2.75, 3.05) is 0 Å². The van der Waals surface area contributed by atoms with E-state index in [1.165, 1.54) is 35.8 Å². The zero-order valence-corrected chi connectivity index (χ0v) is 11.0. The zero-order chi connectivity index (χ0) is 12.3. The lowest BCUT2D eigenvalue weighted by atomic mass is 9.97. The molecule has 0 atom stereocenters. The fourth-order valence-electron chi connectivity index (χ4n) is 2.25. The molecule has 0 fully saturated rings. The third kappa shape index (κ3) is 2.46. The first kappa shape index (κ1) is 12.0. The second kappa shape index (κ2) is 5.26. The molecular weight excluding hydrogens is 208 g/mol. The number of nitrogens with zero attached hydrogens (tertiary/aromatic N) is 2. The highest BCUT2D eigenvalue weighted by Gasteiger charge is 2.06. The third-order valence-corrected chi connectivity index (χ3v) is 3.34. The highest BCUT2D eigenvalue weighted by molar-refractivity contribution is 5.82. The van der Waals surface area contributed by atoms with Crippen LogP contribution in [0.5, 0.6) is 0 Å². The third-order valence-electron chi connectivity index (χ3n) is 3.34. The van der Waals surface area contributed by atoms with Crippen molar-refractivity contribution in [3.8, 4) is 0 Å². The smallest absolute Gasteiger partial charge is 0.116 e. The summed E-state index contributed by atoms with van der Waals surface area (Å²) in [6.07, 6.45) is 6.40. The first-order valence-corrected chi connectivity index (χ1v) is 6.49. The molecule has 0 bridgehead atoms. The van der Waals surface area contributed by atoms with Gasteiger partial charge in [0.25, 0.3) is 0 Å². The Morgan fingerprint density at radius 2 is 1.88 bits per heavy atom. The predicted octanol–water partition coefficient (Wildman–Crippen LogP) is 3.84. The number of rotatable bonds is 4. The van der Waals surface area contributed by atoms with Crippen LogP contribution in [0.2, 0.25) is 0 Å². The topological polar surface area (TPSA) is 25.8 Å². The molecular formula is C15H20N2. The second-order valence-electron chi connectivity index (χ2n) is 4.55. The summed E-state index contributed by atoms with van der Waals surface area (Å²) in [7, 11) is 0. The Morgan fingerprint density at radius 3 is 2.59 bits per heavy atom. The van der Waals surface area contributed by atoms with Crippen LogP contribution in [0.1, 0.15) is 43.5 Å². The van der Waals surface area contributed by atoms with E-state index in [1.807, 2.05) is 0 Å². The number of unbranched alkanes of at least 4 members (excludes halogenated alkanes) is 1. The van der Waals surface area contributed by atoms with E-state index in [2.05, 4.69) is 42.9 Å². The van der Waals surface area contributed by atoms with Crippen molar-refractivity contribution in [1.29, 1.82) is 0 Å². The minimum absolute atomic E-state index is 1.08. The van der Waals surface area contributed by atoms with Crippen molar-refractivity contribution in [2.45, 2.75) is 46.5 Å². The van der Waals surface area contributed by atoms with Crippen LogP contribution in [0.3, 0.4) is 0 Å². The average molecular weight is 228 g/mol. The van der Waals surface area contributed by atoms with Crippen LogP contribution in [0, 0.1) is 6.92 Å². The number of aromatic nitrogens is 2. The summed E-state index contributed by atoms with van der Waals surface area (Å²) >= 11 is 0. The molecule has 2 heteroatoms. The first-order chi connectivity index (χ1) is 8.26. The molecule has 0 amide bonds. The van der Waals surface area contributed by atoms with Crippen molar-refractivity contribution in [3.05, 3.63) is 35.3 Å². The lowest BCUT2D eigenvalue weighted by Crippen LogP contribution is -1.96. The van der Waals surface area contributed by atoms with Gasteiger partial charge in [0.2, 0.25) is 0 Å². The Hall–Kier alpha value is -1.44. The van der Waals surface area contributed by atoms with E-state index in [0.29, 0.717) is 0 Å². The highest BCUT2D eigenvalue weighted by atomic mass is 14.8. The summed E-state index contributed by atoms with van der Waals surface area (Å²) in [5.41, 5.74) is 5.07. The van der Waals surface area contributed by atoms with Gasteiger partial charge in [-0.3, -0.25) is 0 Å². The summed E-state index contributed by atoms with van der Waals surface area (Å²) in [5, 5.41) is 1.20. The second-order valence-corrected chi connectivity index (χ2v) is 4.55. The lowest BCUT2D eigenvalue weighted by Gasteiger charge is -2.10. The predicted molar refractivity (Wildman–Crippen MR) is 72.3 cm³/mol. The number of fused-ring (bicyclic) bond motifs is 1. The molecule has 1 aromatic heterocycles. The molecule has 0 saturated carbocycles. The molecule has 0 aliphatic carbocycles. The van der Waals surface area contributed by atoms with Gasteiger partial charge >= 0.3 is 0 Å². The minimum Gasteiger partial charge on any atom is -0.241 e. The van der Waals surface area contributed by atoms with Crippen LogP contribution in [-0.2, 0) is 12.8 Å². The molecule has 2 aromatic rings. The molecule has 0 radical (unpaired) electrons. The maximum absolute atomic E-state index is 4.38. The Balaban J connectivity index is 2.52. The van der Waals surface area contributed by atoms with Gasteiger partial charge in [0.1, 0.15) is 6.33 Å². The Kier molecular flexibility index (Phi) is 3.72. The van der Waals surface area contributed by atoms with E-state index in [1.54, 1.807) is 6.33 Å². The first-order valence-electron chi connectivity index (χ1n) is 6.49. The van der Waals surface area contributed by atoms with E-state index in [4.69, 9.17) is 0 Å². The number of hydrogen-bond donors (Lipinski definition) is 0. The molecule has 90 valence electrons. The molecule has 0 saturated heterocycles. The van der Waals surface area contributed by atoms with Crippen molar-refractivity contribution in [2.24, 2.45) is 0 Å². The molecule has 1 heterocycles. The quantitative estimate of drug-likeness (QED) is 0.794. The Morgan fingerprint density at radius 1 is 1.06 bits per heavy atom. The van der Waals surface area contributed by atoms with Crippen LogP contribution in [0.15, 0.2) is 18.5 Å². The van der Waals surface area contributed by atoms with Crippen molar-refractivity contribution in [1.82, 2.24) is 9.97 Å². The number of aryl methyl sites for hydroxylation is 3. The van der Waals surface area contributed by atoms with Gasteiger partial charge in [-0.2, -0.15) is 0 Å². The van der Waals surface area contributed by atoms with E-state index in [9.17, 15) is 0 Å². The highest BCUT2D eigenvalue weighted by Crippen LogP contribution is 2.22. The molecule has 0 aliphatic heterocycles. The van der Waals surface area contributed by atoms with Gasteiger partial charge in [-0.05, 0) is 49.4 Å². The van der Waals surface area contributed by atoms with Gasteiger partial charge in [-0.25, -0.2) is 9.97 Å². The fourth-order valence-corrected chi connectivity index (χ4v) is 2.25. The molecule has 2 rings (SSSR count). The number of hydrogen-bond acceptors (Lipinski definition) is 2. The standard InChI is InChI=1S/C15H20N2/c1-4-6-7-13-9-15-14(8-12(13)5-2)11(3)16-10-17-15/h8-10H,4-7H2,1-3H3. The summed E-state index contributed by atoms with van der Waals surface area (Å²) < 4.78 is 0. The van der Waals surface area contributed by atoms with Crippen LogP contribution in [0.25, 0.3) is 10.9 Å². The van der Waals surface area contributed by atoms with Gasteiger partial charge < -0.3 is 0 Å². The van der Waals surface area contributed by atoms with Crippen molar-refractivity contribution in [3.63, 3.8) is 0 Å². The number of benzene rings is 1. The summed E-state index contributed by atoms with van der Waals surface area (Å²) in [6, 6.07) is 4.52. The summed E-state index contributed by atoms with van der Waals surface area (Å²) in [4.78, 5) is 8.64. The molecule has 1 aromatic carbocycles. The molecule has 0 spiro atoms. The van der Waals surface area contributed by atoms with E-state index >= 15 is 0 Å². The Bertz CT molecular complexity index is 518. The lowest BCUT2D eigenvalue weighted by molar-refractivity contribution is 0.788. The van der Waals surface area contributed by atoms with Crippen LogP contribution in [-0.4, -0.2) is 9.97 Å². The monoisotopic (exact) mass is 228 g/mol. The van der Waals surface area contributed by atoms with Crippen LogP contribution < -0.4 is 0 Å². The van der Waals surface area contributed by atoms with Crippen molar-refractivity contribution < 1.29 is 0 Å². The van der Waals surface area contributed by atoms with Gasteiger partial charge in [-0.1, -0.05) is 20.3 Å². The summed E-state index contributed by atoms with van der Waals surface area (Å²) in [6.45, 7) is 6.50. The van der Waals surface area contributed by atoms with Crippen molar-refractivity contribution >= 4 is 10.9 Å². The molecule has 0 N–H and O–H groups in total. The van der Waals surface area contributed by atoms with E-state index in [0.717, 1.165) is 17.6 Å². The Labute approximate surface area is 103 Å². The minimum atomic E-state index is 1.08. The normalized spacial score (nSPS) is 11.0. The molecule has 0 unspecified atom stereocenters. The van der Waals surface area contributed by atoms with E-state index in [-0.39, 0.29) is 0 Å². The largest absolute Gasteiger partial charge is 0.241 e. The van der Waals surface area contributed by atoms with Gasteiger partial charge in [0, 0.05) is 11.1 Å². The van der Waals surface area contributed by atoms with Gasteiger partial charge in [-0.15, -0.1) is 0 Å². The molecule has 17 heavy (non-hydrogen) atoms. The van der Waals surface area contributed by atoms with Crippen LogP contribution in [0.4, 0.5) is 0 Å². The zero-order valence-electron chi connectivity index (χ0n) is 11.0. The molecule has 0 aliphatic rings. The maximum Gasteiger partial charge on any atom is 0.116 e. The van der Waals surface area contributed by atoms with E-state index < -0.39 is 0 Å². The summed E-state index contributed by atoms with van der Waals surface area (Å²) in [5.74, 6) is 0. The average Bonchev–Trinajstić information content (AvgIpc) is 2.36. The maximum atomic E-state index is 4.38. The van der Waals surface area contributed by atoms with Gasteiger partial charge in [0.05, 0.1) is 5.52 Å². The SMILES string of the molecule is CCCCc1cc2ncnc(C)c2cc1CC. The fraction of sp³-hybridized carbons (Fsp3) is 0.467.